The Kier molecular flexibility index (Phi) is 3.44. The van der Waals surface area contributed by atoms with Gasteiger partial charge in [0.15, 0.2) is 0 Å². The molecular weight excluding hydrogens is 202 g/mol. The Morgan fingerprint density at radius 1 is 1.38 bits per heavy atom. The summed E-state index contributed by atoms with van der Waals surface area (Å²) in [7, 11) is 0. The van der Waals surface area contributed by atoms with E-state index in [1.165, 1.54) is 25.7 Å². The molecule has 0 saturated heterocycles. The van der Waals surface area contributed by atoms with Crippen LogP contribution in [0.3, 0.4) is 0 Å². The van der Waals surface area contributed by atoms with E-state index < -0.39 is 0 Å². The molecule has 0 aromatic heterocycles. The number of nitrogens with one attached hydrogen (secondary N) is 1. The third-order valence-electron chi connectivity index (χ3n) is 3.08. The van der Waals surface area contributed by atoms with Gasteiger partial charge in [0.2, 0.25) is 5.91 Å². The highest BCUT2D eigenvalue weighted by atomic mass is 16.3. The van der Waals surface area contributed by atoms with Gasteiger partial charge in [0.1, 0.15) is 5.75 Å². The van der Waals surface area contributed by atoms with Crippen molar-refractivity contribution in [2.75, 3.05) is 5.32 Å². The zero-order valence-electron chi connectivity index (χ0n) is 9.28. The summed E-state index contributed by atoms with van der Waals surface area (Å²) >= 11 is 0. The number of carbonyl (C=O) groups excluding carboxylic acids is 1. The van der Waals surface area contributed by atoms with Crippen molar-refractivity contribution in [2.24, 2.45) is 5.92 Å². The smallest absolute Gasteiger partial charge is 0.224 e. The second-order valence-electron chi connectivity index (χ2n) is 4.45. The molecule has 16 heavy (non-hydrogen) atoms. The fraction of sp³-hybridized carbons (Fsp3) is 0.462. The Bertz CT molecular complexity index is 370. The molecule has 86 valence electrons. The van der Waals surface area contributed by atoms with Crippen LogP contribution < -0.4 is 5.32 Å². The standard InChI is InChI=1S/C13H17NO2/c15-12-7-3-6-11(9-12)14-13(16)8-10-4-1-2-5-10/h3,6-7,9-10,15H,1-2,4-5,8H2,(H,14,16). The number of benzene rings is 1. The molecule has 0 heterocycles. The Morgan fingerprint density at radius 3 is 2.81 bits per heavy atom. The van der Waals surface area contributed by atoms with Crippen molar-refractivity contribution in [3.8, 4) is 5.75 Å². The van der Waals surface area contributed by atoms with E-state index in [4.69, 9.17) is 0 Å². The lowest BCUT2D eigenvalue weighted by Crippen LogP contribution is -2.14. The molecule has 0 bridgehead atoms. The minimum Gasteiger partial charge on any atom is -0.508 e. The first kappa shape index (κ1) is 11.0. The van der Waals surface area contributed by atoms with Crippen molar-refractivity contribution < 1.29 is 9.90 Å². The van der Waals surface area contributed by atoms with Gasteiger partial charge in [-0.15, -0.1) is 0 Å². The summed E-state index contributed by atoms with van der Waals surface area (Å²) in [6.45, 7) is 0. The molecule has 1 amide bonds. The van der Waals surface area contributed by atoms with E-state index in [0.29, 0.717) is 18.0 Å². The van der Waals surface area contributed by atoms with Gasteiger partial charge in [-0.05, 0) is 30.9 Å². The zero-order chi connectivity index (χ0) is 11.4. The molecule has 0 unspecified atom stereocenters. The van der Waals surface area contributed by atoms with Gasteiger partial charge in [-0.1, -0.05) is 18.9 Å². The van der Waals surface area contributed by atoms with Gasteiger partial charge in [0.25, 0.3) is 0 Å². The third kappa shape index (κ3) is 2.99. The highest BCUT2D eigenvalue weighted by Gasteiger charge is 2.18. The molecule has 0 spiro atoms. The summed E-state index contributed by atoms with van der Waals surface area (Å²) in [6, 6.07) is 6.66. The van der Waals surface area contributed by atoms with Gasteiger partial charge in [-0.2, -0.15) is 0 Å². The number of phenols is 1. The highest BCUT2D eigenvalue weighted by molar-refractivity contribution is 5.91. The fourth-order valence-corrected chi connectivity index (χ4v) is 2.27. The predicted octanol–water partition coefficient (Wildman–Crippen LogP) is 2.91. The van der Waals surface area contributed by atoms with E-state index in [-0.39, 0.29) is 11.7 Å². The van der Waals surface area contributed by atoms with E-state index in [2.05, 4.69) is 5.32 Å². The molecule has 0 radical (unpaired) electrons. The van der Waals surface area contributed by atoms with Crippen molar-refractivity contribution >= 4 is 11.6 Å². The minimum atomic E-state index is 0.0532. The number of anilines is 1. The Hall–Kier alpha value is -1.51. The summed E-state index contributed by atoms with van der Waals surface area (Å²) in [6.07, 6.45) is 5.46. The van der Waals surface area contributed by atoms with Gasteiger partial charge in [-0.25, -0.2) is 0 Å². The van der Waals surface area contributed by atoms with Crippen LogP contribution >= 0.6 is 0 Å². The van der Waals surface area contributed by atoms with E-state index in [9.17, 15) is 9.90 Å². The Balaban J connectivity index is 1.86. The van der Waals surface area contributed by atoms with Crippen LogP contribution in [0.15, 0.2) is 24.3 Å². The van der Waals surface area contributed by atoms with Gasteiger partial charge < -0.3 is 10.4 Å². The van der Waals surface area contributed by atoms with Gasteiger partial charge >= 0.3 is 0 Å². The Labute approximate surface area is 95.5 Å². The second-order valence-corrected chi connectivity index (χ2v) is 4.45. The first-order valence-corrected chi connectivity index (χ1v) is 5.83. The van der Waals surface area contributed by atoms with Crippen LogP contribution in [0.4, 0.5) is 5.69 Å². The maximum atomic E-state index is 11.7. The first-order chi connectivity index (χ1) is 7.74. The molecule has 1 saturated carbocycles. The van der Waals surface area contributed by atoms with Crippen LogP contribution in [0.25, 0.3) is 0 Å². The van der Waals surface area contributed by atoms with Crippen molar-refractivity contribution in [1.29, 1.82) is 0 Å². The second kappa shape index (κ2) is 5.01. The normalized spacial score (nSPS) is 16.2. The SMILES string of the molecule is O=C(CC1CCCC1)Nc1cccc(O)c1. The van der Waals surface area contributed by atoms with Gasteiger partial charge in [-0.3, -0.25) is 4.79 Å². The van der Waals surface area contributed by atoms with Crippen LogP contribution in [-0.2, 0) is 4.79 Å². The molecule has 1 aliphatic carbocycles. The molecular formula is C13H17NO2. The molecule has 1 aromatic rings. The molecule has 0 aliphatic heterocycles. The topological polar surface area (TPSA) is 49.3 Å². The number of phenolic OH excluding ortho intramolecular Hbond substituents is 1. The van der Waals surface area contributed by atoms with Gasteiger partial charge in [0, 0.05) is 18.2 Å². The maximum Gasteiger partial charge on any atom is 0.224 e. The molecule has 1 fully saturated rings. The highest BCUT2D eigenvalue weighted by Crippen LogP contribution is 2.27. The predicted molar refractivity (Wildman–Crippen MR) is 63.3 cm³/mol. The van der Waals surface area contributed by atoms with Crippen LogP contribution in [0.5, 0.6) is 5.75 Å². The summed E-state index contributed by atoms with van der Waals surface area (Å²) in [5, 5.41) is 12.1. The summed E-state index contributed by atoms with van der Waals surface area (Å²) in [5.41, 5.74) is 0.669. The zero-order valence-corrected chi connectivity index (χ0v) is 9.28. The molecule has 2 N–H and O–H groups in total. The lowest BCUT2D eigenvalue weighted by atomic mass is 10.0. The number of rotatable bonds is 3. The van der Waals surface area contributed by atoms with Crippen molar-refractivity contribution in [3.63, 3.8) is 0 Å². The molecule has 3 nitrogen and oxygen atoms in total. The lowest BCUT2D eigenvalue weighted by Gasteiger charge is -2.09. The maximum absolute atomic E-state index is 11.7. The summed E-state index contributed by atoms with van der Waals surface area (Å²) in [4.78, 5) is 11.7. The van der Waals surface area contributed by atoms with Crippen molar-refractivity contribution in [2.45, 2.75) is 32.1 Å². The molecule has 0 atom stereocenters. The number of carbonyl (C=O) groups is 1. The minimum absolute atomic E-state index is 0.0532. The molecule has 1 aromatic carbocycles. The third-order valence-corrected chi connectivity index (χ3v) is 3.08. The van der Waals surface area contributed by atoms with Crippen molar-refractivity contribution in [1.82, 2.24) is 0 Å². The molecule has 3 heteroatoms. The lowest BCUT2D eigenvalue weighted by molar-refractivity contribution is -0.117. The largest absolute Gasteiger partial charge is 0.508 e. The van der Waals surface area contributed by atoms with Crippen molar-refractivity contribution in [3.05, 3.63) is 24.3 Å². The van der Waals surface area contributed by atoms with E-state index >= 15 is 0 Å². The average Bonchev–Trinajstić information content (AvgIpc) is 2.70. The van der Waals surface area contributed by atoms with E-state index in [0.717, 1.165) is 0 Å². The van der Waals surface area contributed by atoms with Crippen LogP contribution in [0.1, 0.15) is 32.1 Å². The van der Waals surface area contributed by atoms with E-state index in [1.54, 1.807) is 24.3 Å². The average molecular weight is 219 g/mol. The number of aromatic hydroxyl groups is 1. The quantitative estimate of drug-likeness (QED) is 0.821. The van der Waals surface area contributed by atoms with Crippen LogP contribution in [0.2, 0.25) is 0 Å². The van der Waals surface area contributed by atoms with Crippen LogP contribution in [0, 0.1) is 5.92 Å². The number of amides is 1. The van der Waals surface area contributed by atoms with E-state index in [1.807, 2.05) is 0 Å². The number of hydrogen-bond donors (Lipinski definition) is 2. The van der Waals surface area contributed by atoms with Gasteiger partial charge in [0.05, 0.1) is 0 Å². The number of hydrogen-bond acceptors (Lipinski definition) is 2. The summed E-state index contributed by atoms with van der Waals surface area (Å²) < 4.78 is 0. The first-order valence-electron chi connectivity index (χ1n) is 5.83. The fourth-order valence-electron chi connectivity index (χ4n) is 2.27. The monoisotopic (exact) mass is 219 g/mol. The summed E-state index contributed by atoms with van der Waals surface area (Å²) in [5.74, 6) is 0.786. The molecule has 2 rings (SSSR count). The Morgan fingerprint density at radius 2 is 2.12 bits per heavy atom. The van der Waals surface area contributed by atoms with Crippen LogP contribution in [-0.4, -0.2) is 11.0 Å². The molecule has 1 aliphatic rings.